The van der Waals surface area contributed by atoms with Crippen LogP contribution >= 0.6 is 11.8 Å². The van der Waals surface area contributed by atoms with Crippen molar-refractivity contribution in [2.45, 2.75) is 25.5 Å². The van der Waals surface area contributed by atoms with Gasteiger partial charge in [0, 0.05) is 0 Å². The molecule has 7 heteroatoms. The van der Waals surface area contributed by atoms with Crippen molar-refractivity contribution in [2.24, 2.45) is 0 Å². The van der Waals surface area contributed by atoms with Gasteiger partial charge in [-0.05, 0) is 13.1 Å². The molecule has 0 aliphatic carbocycles. The average molecular weight is 274 g/mol. The lowest BCUT2D eigenvalue weighted by Gasteiger charge is -2.23. The molecule has 1 rings (SSSR count). The Labute approximate surface area is 111 Å². The molecule has 0 spiro atoms. The van der Waals surface area contributed by atoms with Gasteiger partial charge in [0.1, 0.15) is 5.25 Å². The molecule has 2 amide bonds. The summed E-state index contributed by atoms with van der Waals surface area (Å²) in [6.45, 7) is 5.75. The first-order chi connectivity index (χ1) is 8.53. The van der Waals surface area contributed by atoms with E-state index in [2.05, 4.69) is 4.74 Å². The van der Waals surface area contributed by atoms with Gasteiger partial charge in [-0.25, -0.2) is 0 Å². The zero-order valence-corrected chi connectivity index (χ0v) is 11.7. The molecule has 1 atom stereocenters. The molecule has 0 N–H and O–H groups in total. The fourth-order valence-corrected chi connectivity index (χ4v) is 2.58. The zero-order chi connectivity index (χ0) is 13.7. The van der Waals surface area contributed by atoms with E-state index in [0.717, 1.165) is 24.9 Å². The molecule has 1 aliphatic rings. The topological polar surface area (TPSA) is 66.9 Å². The number of thioether (sulfide) groups is 1. The third-order valence-electron chi connectivity index (χ3n) is 2.82. The van der Waals surface area contributed by atoms with E-state index in [-0.39, 0.29) is 24.2 Å². The normalized spacial score (nSPS) is 19.8. The second kappa shape index (κ2) is 6.75. The molecule has 1 saturated heterocycles. The van der Waals surface area contributed by atoms with Crippen molar-refractivity contribution in [3.05, 3.63) is 0 Å². The summed E-state index contributed by atoms with van der Waals surface area (Å²) >= 11 is 0.898. The number of ether oxygens (including phenoxy) is 1. The Bertz CT molecular complexity index is 344. The van der Waals surface area contributed by atoms with Gasteiger partial charge in [-0.15, -0.1) is 0 Å². The van der Waals surface area contributed by atoms with Crippen LogP contribution in [-0.4, -0.2) is 59.0 Å². The van der Waals surface area contributed by atoms with E-state index in [1.807, 2.05) is 18.7 Å². The minimum atomic E-state index is -0.638. The van der Waals surface area contributed by atoms with Crippen LogP contribution in [0.4, 0.5) is 4.79 Å². The lowest BCUT2D eigenvalue weighted by molar-refractivity contribution is -0.142. The summed E-state index contributed by atoms with van der Waals surface area (Å²) in [5.41, 5.74) is 0. The molecular formula is C11H18N2O4S. The van der Waals surface area contributed by atoms with Crippen molar-refractivity contribution < 1.29 is 19.1 Å². The zero-order valence-electron chi connectivity index (χ0n) is 10.8. The molecular weight excluding hydrogens is 256 g/mol. The van der Waals surface area contributed by atoms with Crippen LogP contribution in [0.5, 0.6) is 0 Å². The molecule has 0 aromatic heterocycles. The van der Waals surface area contributed by atoms with Gasteiger partial charge in [-0.1, -0.05) is 25.6 Å². The number of hydrogen-bond donors (Lipinski definition) is 0. The lowest BCUT2D eigenvalue weighted by Crippen LogP contribution is -2.41. The number of nitrogens with zero attached hydrogens (tertiary/aromatic N) is 2. The number of hydrogen-bond acceptors (Lipinski definition) is 6. The Morgan fingerprint density at radius 3 is 2.50 bits per heavy atom. The van der Waals surface area contributed by atoms with Crippen molar-refractivity contribution in [2.75, 3.05) is 26.9 Å². The molecule has 6 nitrogen and oxygen atoms in total. The predicted octanol–water partition coefficient (Wildman–Crippen LogP) is 0.913. The standard InChI is InChI=1S/C11H18N2O4S/c1-4-12(5-2)7-13-10(15)8(18-11(13)16)6-9(14)17-3/h8H,4-7H2,1-3H3. The average Bonchev–Trinajstić information content (AvgIpc) is 2.62. The summed E-state index contributed by atoms with van der Waals surface area (Å²) in [4.78, 5) is 38.0. The van der Waals surface area contributed by atoms with Gasteiger partial charge in [-0.2, -0.15) is 0 Å². The molecule has 0 radical (unpaired) electrons. The molecule has 18 heavy (non-hydrogen) atoms. The van der Waals surface area contributed by atoms with Gasteiger partial charge in [0.2, 0.25) is 5.91 Å². The minimum absolute atomic E-state index is 0.0551. The first-order valence-electron chi connectivity index (χ1n) is 5.84. The first-order valence-corrected chi connectivity index (χ1v) is 6.72. The second-order valence-corrected chi connectivity index (χ2v) is 5.02. The number of carbonyl (C=O) groups excluding carboxylic acids is 3. The van der Waals surface area contributed by atoms with Crippen LogP contribution in [0.1, 0.15) is 20.3 Å². The second-order valence-electron chi connectivity index (χ2n) is 3.86. The molecule has 1 aliphatic heterocycles. The number of amides is 2. The van der Waals surface area contributed by atoms with E-state index in [9.17, 15) is 14.4 Å². The van der Waals surface area contributed by atoms with Crippen LogP contribution in [0.15, 0.2) is 0 Å². The Balaban J connectivity index is 2.63. The van der Waals surface area contributed by atoms with E-state index in [0.29, 0.717) is 0 Å². The first kappa shape index (κ1) is 15.0. The van der Waals surface area contributed by atoms with Crippen LogP contribution in [0.25, 0.3) is 0 Å². The quantitative estimate of drug-likeness (QED) is 0.671. The van der Waals surface area contributed by atoms with Gasteiger partial charge in [-0.3, -0.25) is 24.2 Å². The van der Waals surface area contributed by atoms with E-state index >= 15 is 0 Å². The summed E-state index contributed by atoms with van der Waals surface area (Å²) in [6.07, 6.45) is -0.0551. The maximum Gasteiger partial charge on any atom is 0.307 e. The van der Waals surface area contributed by atoms with Crippen LogP contribution in [-0.2, 0) is 14.3 Å². The summed E-state index contributed by atoms with van der Waals surface area (Å²) in [5.74, 6) is -0.777. The van der Waals surface area contributed by atoms with Gasteiger partial charge in [0.05, 0.1) is 20.2 Å². The predicted molar refractivity (Wildman–Crippen MR) is 68.0 cm³/mol. The SMILES string of the molecule is CCN(CC)CN1C(=O)SC(CC(=O)OC)C1=O. The number of methoxy groups -OCH3 is 1. The third-order valence-corrected chi connectivity index (χ3v) is 3.90. The van der Waals surface area contributed by atoms with Crippen LogP contribution < -0.4 is 0 Å². The highest BCUT2D eigenvalue weighted by Gasteiger charge is 2.41. The molecule has 0 aromatic carbocycles. The highest BCUT2D eigenvalue weighted by Crippen LogP contribution is 2.29. The van der Waals surface area contributed by atoms with Crippen molar-refractivity contribution >= 4 is 28.9 Å². The van der Waals surface area contributed by atoms with Crippen molar-refractivity contribution in [1.82, 2.24) is 9.80 Å². The molecule has 0 aromatic rings. The van der Waals surface area contributed by atoms with Crippen LogP contribution in [0.3, 0.4) is 0 Å². The fourth-order valence-electron chi connectivity index (χ4n) is 1.61. The lowest BCUT2D eigenvalue weighted by atomic mass is 10.3. The Morgan fingerprint density at radius 2 is 2.00 bits per heavy atom. The maximum absolute atomic E-state index is 12.0. The highest BCUT2D eigenvalue weighted by molar-refractivity contribution is 8.15. The molecule has 1 heterocycles. The van der Waals surface area contributed by atoms with E-state index < -0.39 is 11.2 Å². The van der Waals surface area contributed by atoms with Crippen LogP contribution in [0.2, 0.25) is 0 Å². The van der Waals surface area contributed by atoms with Crippen molar-refractivity contribution in [3.8, 4) is 0 Å². The largest absolute Gasteiger partial charge is 0.469 e. The molecule has 0 saturated carbocycles. The summed E-state index contributed by atoms with van der Waals surface area (Å²) in [6, 6.07) is 0. The Morgan fingerprint density at radius 1 is 1.39 bits per heavy atom. The smallest absolute Gasteiger partial charge is 0.307 e. The van der Waals surface area contributed by atoms with Crippen molar-refractivity contribution in [3.63, 3.8) is 0 Å². The fraction of sp³-hybridized carbons (Fsp3) is 0.727. The minimum Gasteiger partial charge on any atom is -0.469 e. The van der Waals surface area contributed by atoms with Gasteiger partial charge < -0.3 is 4.74 Å². The molecule has 1 unspecified atom stereocenters. The molecule has 1 fully saturated rings. The molecule has 102 valence electrons. The third kappa shape index (κ3) is 3.46. The van der Waals surface area contributed by atoms with E-state index in [1.165, 1.54) is 12.0 Å². The van der Waals surface area contributed by atoms with Gasteiger partial charge >= 0.3 is 5.97 Å². The summed E-state index contributed by atoms with van der Waals surface area (Å²) in [5, 5.41) is -0.929. The number of rotatable bonds is 6. The summed E-state index contributed by atoms with van der Waals surface area (Å²) in [7, 11) is 1.27. The van der Waals surface area contributed by atoms with Crippen LogP contribution in [0, 0.1) is 0 Å². The number of esters is 1. The van der Waals surface area contributed by atoms with E-state index in [1.54, 1.807) is 0 Å². The highest BCUT2D eigenvalue weighted by atomic mass is 32.2. The van der Waals surface area contributed by atoms with Gasteiger partial charge in [0.15, 0.2) is 0 Å². The van der Waals surface area contributed by atoms with Crippen molar-refractivity contribution in [1.29, 1.82) is 0 Å². The Hall–Kier alpha value is -1.08. The summed E-state index contributed by atoms with van der Waals surface area (Å²) < 4.78 is 4.51. The monoisotopic (exact) mass is 274 g/mol. The number of imide groups is 1. The van der Waals surface area contributed by atoms with E-state index in [4.69, 9.17) is 0 Å². The maximum atomic E-state index is 12.0. The van der Waals surface area contributed by atoms with Gasteiger partial charge in [0.25, 0.3) is 5.24 Å². The molecule has 0 bridgehead atoms. The Kier molecular flexibility index (Phi) is 5.61. The number of carbonyl (C=O) groups is 3.